The molecule has 0 N–H and O–H groups in total. The molecule has 0 unspecified atom stereocenters. The third-order valence-electron chi connectivity index (χ3n) is 6.21. The number of rotatable bonds is 12. The van der Waals surface area contributed by atoms with E-state index in [1.165, 1.54) is 75.4 Å². The summed E-state index contributed by atoms with van der Waals surface area (Å²) in [6.45, 7) is 9.18. The molecule has 0 bridgehead atoms. The molecule has 0 amide bonds. The van der Waals surface area contributed by atoms with Gasteiger partial charge in [0.15, 0.2) is 0 Å². The van der Waals surface area contributed by atoms with E-state index in [2.05, 4.69) is 27.7 Å². The van der Waals surface area contributed by atoms with E-state index < -0.39 is 0 Å². The van der Waals surface area contributed by atoms with Crippen molar-refractivity contribution in [1.29, 1.82) is 0 Å². The summed E-state index contributed by atoms with van der Waals surface area (Å²) >= 11 is 19.2. The maximum atomic E-state index is 4.90. The lowest BCUT2D eigenvalue weighted by Crippen LogP contribution is -1.99. The first-order chi connectivity index (χ1) is 14.4. The lowest BCUT2D eigenvalue weighted by Gasteiger charge is -2.17. The van der Waals surface area contributed by atoms with Crippen LogP contribution < -0.4 is 0 Å². The molecule has 0 heterocycles. The van der Waals surface area contributed by atoms with E-state index >= 15 is 0 Å². The second-order valence-electron chi connectivity index (χ2n) is 8.47. The van der Waals surface area contributed by atoms with Gasteiger partial charge in [-0.2, -0.15) is 0 Å². The molecule has 0 aliphatic heterocycles. The second-order valence-corrected chi connectivity index (χ2v) is 10.3. The lowest BCUT2D eigenvalue weighted by atomic mass is 9.90. The van der Waals surface area contributed by atoms with Crippen molar-refractivity contribution in [2.75, 3.05) is 0 Å². The number of allylic oxidation sites excluding steroid dienone is 7. The summed E-state index contributed by atoms with van der Waals surface area (Å²) in [4.78, 5) is 3.60. The van der Waals surface area contributed by atoms with Crippen LogP contribution >= 0.6 is 50.5 Å². The van der Waals surface area contributed by atoms with Crippen LogP contribution in [0.2, 0.25) is 0 Å². The van der Waals surface area contributed by atoms with Crippen LogP contribution in [0, 0.1) is 0 Å². The minimum Gasteiger partial charge on any atom is -0.142 e. The molecular formula is C26H40S4. The van der Waals surface area contributed by atoms with E-state index in [4.69, 9.17) is 50.5 Å². The van der Waals surface area contributed by atoms with Gasteiger partial charge in [0.2, 0.25) is 0 Å². The number of hydrogen-bond acceptors (Lipinski definition) is 4. The highest BCUT2D eigenvalue weighted by molar-refractivity contribution is 7.94. The van der Waals surface area contributed by atoms with Crippen LogP contribution in [-0.4, -0.2) is 0 Å². The number of thiol groups is 4. The van der Waals surface area contributed by atoms with Crippen molar-refractivity contribution in [3.8, 4) is 0 Å². The molecule has 2 aliphatic carbocycles. The molecule has 30 heavy (non-hydrogen) atoms. The van der Waals surface area contributed by atoms with Gasteiger partial charge in [-0.3, -0.25) is 0 Å². The van der Waals surface area contributed by atoms with Gasteiger partial charge in [-0.25, -0.2) is 0 Å². The summed E-state index contributed by atoms with van der Waals surface area (Å²) in [5.74, 6) is 0. The summed E-state index contributed by atoms with van der Waals surface area (Å²) in [5, 5.41) is 0. The second kappa shape index (κ2) is 13.0. The predicted molar refractivity (Wildman–Crippen MR) is 149 cm³/mol. The van der Waals surface area contributed by atoms with E-state index in [1.54, 1.807) is 22.3 Å². The van der Waals surface area contributed by atoms with Gasteiger partial charge >= 0.3 is 0 Å². The topological polar surface area (TPSA) is 0 Å². The quantitative estimate of drug-likeness (QED) is 0.196. The zero-order valence-corrected chi connectivity index (χ0v) is 22.9. The van der Waals surface area contributed by atoms with Gasteiger partial charge in [0.05, 0.1) is 0 Å². The Kier molecular flexibility index (Phi) is 11.4. The Bertz CT molecular complexity index is 726. The fourth-order valence-corrected chi connectivity index (χ4v) is 5.91. The fourth-order valence-electron chi connectivity index (χ4n) is 4.53. The highest BCUT2D eigenvalue weighted by Gasteiger charge is 2.34. The predicted octanol–water partition coefficient (Wildman–Crippen LogP) is 9.81. The normalized spacial score (nSPS) is 17.6. The summed E-state index contributed by atoms with van der Waals surface area (Å²) in [6.07, 6.45) is 14.5. The van der Waals surface area contributed by atoms with Crippen LogP contribution in [-0.2, 0) is 0 Å². The third kappa shape index (κ3) is 5.71. The van der Waals surface area contributed by atoms with Crippen molar-refractivity contribution >= 4 is 50.5 Å². The molecule has 0 nitrogen and oxygen atoms in total. The van der Waals surface area contributed by atoms with Crippen LogP contribution in [0.1, 0.15) is 105 Å². The largest absolute Gasteiger partial charge is 0.142 e. The van der Waals surface area contributed by atoms with Gasteiger partial charge in [-0.1, -0.05) is 53.4 Å². The first-order valence-electron chi connectivity index (χ1n) is 11.9. The summed E-state index contributed by atoms with van der Waals surface area (Å²) in [7, 11) is 0. The van der Waals surface area contributed by atoms with Gasteiger partial charge in [0.1, 0.15) is 0 Å². The number of unbranched alkanes of at least 4 members (excludes halogenated alkanes) is 4. The average Bonchev–Trinajstić information content (AvgIpc) is 3.12. The van der Waals surface area contributed by atoms with E-state index in [-0.39, 0.29) is 0 Å². The molecule has 0 aromatic rings. The Morgan fingerprint density at radius 2 is 0.700 bits per heavy atom. The van der Waals surface area contributed by atoms with E-state index in [9.17, 15) is 0 Å². The molecule has 0 spiro atoms. The highest BCUT2D eigenvalue weighted by Crippen LogP contribution is 2.53. The maximum absolute atomic E-state index is 4.90. The van der Waals surface area contributed by atoms with Crippen molar-refractivity contribution in [3.05, 3.63) is 53.1 Å². The Morgan fingerprint density at radius 1 is 0.400 bits per heavy atom. The smallest absolute Gasteiger partial charge is 0.0326 e. The Morgan fingerprint density at radius 3 is 1.00 bits per heavy atom. The molecule has 4 heteroatoms. The SMILES string of the molecule is CCCCC1=C(CCCC)C(=C2C(S)=C(S)C(S)=C2S)C(CCCC)=C1CCCC. The highest BCUT2D eigenvalue weighted by atomic mass is 32.1. The van der Waals surface area contributed by atoms with E-state index in [1.807, 2.05) is 0 Å². The lowest BCUT2D eigenvalue weighted by molar-refractivity contribution is 0.734. The molecule has 2 rings (SSSR count). The first-order valence-corrected chi connectivity index (χ1v) is 13.7. The van der Waals surface area contributed by atoms with Gasteiger partial charge < -0.3 is 0 Å². The molecule has 0 atom stereocenters. The van der Waals surface area contributed by atoms with Gasteiger partial charge in [-0.05, 0) is 79.2 Å². The Hall–Kier alpha value is 0.1000. The van der Waals surface area contributed by atoms with E-state index in [0.717, 1.165) is 32.5 Å². The number of hydrogen-bond donors (Lipinski definition) is 4. The molecule has 0 radical (unpaired) electrons. The first kappa shape index (κ1) is 26.4. The van der Waals surface area contributed by atoms with Gasteiger partial charge in [-0.15, -0.1) is 50.5 Å². The van der Waals surface area contributed by atoms with Crippen molar-refractivity contribution in [1.82, 2.24) is 0 Å². The van der Waals surface area contributed by atoms with Crippen LogP contribution in [0.15, 0.2) is 53.1 Å². The summed E-state index contributed by atoms with van der Waals surface area (Å²) in [5.41, 5.74) is 9.03. The molecule has 2 aliphatic rings. The zero-order valence-electron chi connectivity index (χ0n) is 19.3. The molecule has 0 aromatic carbocycles. The fraction of sp³-hybridized carbons (Fsp3) is 0.615. The molecular weight excluding hydrogens is 441 g/mol. The van der Waals surface area contributed by atoms with Crippen molar-refractivity contribution in [3.63, 3.8) is 0 Å². The van der Waals surface area contributed by atoms with Crippen molar-refractivity contribution in [2.24, 2.45) is 0 Å². The summed E-state index contributed by atoms with van der Waals surface area (Å²) in [6, 6.07) is 0. The maximum Gasteiger partial charge on any atom is 0.0326 e. The van der Waals surface area contributed by atoms with Gasteiger partial charge in [0.25, 0.3) is 0 Å². The van der Waals surface area contributed by atoms with Crippen LogP contribution in [0.3, 0.4) is 0 Å². The average molecular weight is 481 g/mol. The minimum atomic E-state index is 0.857. The van der Waals surface area contributed by atoms with Crippen LogP contribution in [0.4, 0.5) is 0 Å². The van der Waals surface area contributed by atoms with Crippen molar-refractivity contribution < 1.29 is 0 Å². The van der Waals surface area contributed by atoms with Crippen LogP contribution in [0.25, 0.3) is 0 Å². The third-order valence-corrected chi connectivity index (χ3v) is 8.53. The van der Waals surface area contributed by atoms with Crippen molar-refractivity contribution in [2.45, 2.75) is 105 Å². The molecule has 0 saturated heterocycles. The molecule has 0 saturated carbocycles. The standard InChI is InChI=1S/C26H40S4/c1-5-9-13-17-18(14-10-6-2)20(16-12-8-4)21(19(17)15-11-7-3)22-23(27)25(29)26(30)24(22)28/h27-30H,5-16H2,1-4H3. The van der Waals surface area contributed by atoms with E-state index in [0.29, 0.717) is 0 Å². The zero-order chi connectivity index (χ0) is 22.3. The van der Waals surface area contributed by atoms with Gasteiger partial charge in [0, 0.05) is 25.2 Å². The summed E-state index contributed by atoms with van der Waals surface area (Å²) < 4.78 is 0. The molecule has 0 aromatic heterocycles. The molecule has 168 valence electrons. The molecule has 0 fully saturated rings. The minimum absolute atomic E-state index is 0.857. The Balaban J connectivity index is 2.79. The Labute approximate surface area is 207 Å². The monoisotopic (exact) mass is 480 g/mol. The van der Waals surface area contributed by atoms with Crippen LogP contribution in [0.5, 0.6) is 0 Å².